The lowest BCUT2D eigenvalue weighted by Gasteiger charge is -2.59. The van der Waals surface area contributed by atoms with Gasteiger partial charge in [-0.15, -0.1) is 0 Å². The number of carbonyl (C=O) groups is 3. The van der Waals surface area contributed by atoms with Crippen molar-refractivity contribution in [1.82, 2.24) is 10.3 Å². The average molecular weight is 587 g/mol. The van der Waals surface area contributed by atoms with Crippen LogP contribution in [0.4, 0.5) is 27.7 Å². The number of anilines is 4. The number of rotatable bonds is 6. The molecule has 2 aromatic rings. The number of primary amides is 1. The van der Waals surface area contributed by atoms with Gasteiger partial charge in [-0.1, -0.05) is 12.1 Å². The Morgan fingerprint density at radius 2 is 1.70 bits per heavy atom. The molecule has 0 radical (unpaired) electrons. The second-order valence-corrected chi connectivity index (χ2v) is 13.3. The van der Waals surface area contributed by atoms with Crippen molar-refractivity contribution in [2.75, 3.05) is 47.5 Å². The summed E-state index contributed by atoms with van der Waals surface area (Å²) in [6.45, 7) is 5.05. The van der Waals surface area contributed by atoms with E-state index in [9.17, 15) is 14.4 Å². The Bertz CT molecular complexity index is 1370. The Balaban J connectivity index is 1.02. The molecule has 1 aromatic heterocycles. The van der Waals surface area contributed by atoms with Crippen molar-refractivity contribution >= 4 is 40.8 Å². The fourth-order valence-electron chi connectivity index (χ4n) is 8.95. The average Bonchev–Trinajstić information content (AvgIpc) is 3.02. The minimum absolute atomic E-state index is 0.0245. The smallest absolute Gasteiger partial charge is 0.322 e. The van der Waals surface area contributed by atoms with Crippen LogP contribution in [-0.2, 0) is 14.3 Å². The molecule has 4 saturated carbocycles. The summed E-state index contributed by atoms with van der Waals surface area (Å²) in [7, 11) is 0. The number of pyridine rings is 1. The third-order valence-corrected chi connectivity index (χ3v) is 10.8. The number of benzene rings is 1. The number of aromatic nitrogens is 1. The highest BCUT2D eigenvalue weighted by atomic mass is 16.5. The molecule has 1 saturated heterocycles. The van der Waals surface area contributed by atoms with Crippen LogP contribution in [0.15, 0.2) is 42.6 Å². The van der Waals surface area contributed by atoms with E-state index in [1.54, 1.807) is 0 Å². The predicted octanol–water partition coefficient (Wildman–Crippen LogP) is 4.21. The van der Waals surface area contributed by atoms with Gasteiger partial charge in [0.1, 0.15) is 5.82 Å². The van der Waals surface area contributed by atoms with Crippen LogP contribution >= 0.6 is 0 Å². The number of hydrogen-bond donors (Lipinski definition) is 2. The van der Waals surface area contributed by atoms with Gasteiger partial charge in [0, 0.05) is 37.6 Å². The number of ether oxygens (including phenoxy) is 1. The van der Waals surface area contributed by atoms with Crippen molar-refractivity contribution in [2.45, 2.75) is 57.9 Å². The first kappa shape index (κ1) is 28.0. The fourth-order valence-corrected chi connectivity index (χ4v) is 8.95. The highest BCUT2D eigenvalue weighted by Crippen LogP contribution is 2.60. The highest BCUT2D eigenvalue weighted by molar-refractivity contribution is 5.98. The molecule has 0 spiro atoms. The monoisotopic (exact) mass is 586 g/mol. The summed E-state index contributed by atoms with van der Waals surface area (Å²) in [6, 6.07) is 12.2. The molecule has 3 heterocycles. The molecule has 2 atom stereocenters. The molecule has 3 amide bonds. The lowest BCUT2D eigenvalue weighted by Crippen LogP contribution is -2.63. The third-order valence-electron chi connectivity index (χ3n) is 10.8. The molecule has 5 fully saturated rings. The number of esters is 1. The Kier molecular flexibility index (Phi) is 7.18. The number of hydrogen-bond acceptors (Lipinski definition) is 7. The normalized spacial score (nSPS) is 29.7. The number of piperidine rings is 1. The molecule has 2 aliphatic heterocycles. The molecule has 43 heavy (non-hydrogen) atoms. The maximum absolute atomic E-state index is 13.8. The predicted molar refractivity (Wildman–Crippen MR) is 164 cm³/mol. The summed E-state index contributed by atoms with van der Waals surface area (Å²) in [5, 5.41) is 3.41. The van der Waals surface area contributed by atoms with Crippen molar-refractivity contribution in [3.05, 3.63) is 42.6 Å². The van der Waals surface area contributed by atoms with Gasteiger partial charge in [0.05, 0.1) is 35.8 Å². The van der Waals surface area contributed by atoms with Gasteiger partial charge in [-0.3, -0.25) is 14.5 Å². The van der Waals surface area contributed by atoms with E-state index in [0.717, 1.165) is 80.9 Å². The molecule has 4 aliphatic carbocycles. The summed E-state index contributed by atoms with van der Waals surface area (Å²) in [5.41, 5.74) is 8.39. The number of nitrogens with two attached hydrogens (primary N) is 1. The quantitative estimate of drug-likeness (QED) is 0.487. The van der Waals surface area contributed by atoms with E-state index in [2.05, 4.69) is 21.2 Å². The zero-order valence-electron chi connectivity index (χ0n) is 24.9. The maximum Gasteiger partial charge on any atom is 0.322 e. The number of nitrogens with one attached hydrogen (secondary N) is 1. The lowest BCUT2D eigenvalue weighted by molar-refractivity contribution is -0.148. The first-order valence-corrected chi connectivity index (χ1v) is 16.0. The van der Waals surface area contributed by atoms with Crippen LogP contribution in [0, 0.1) is 29.1 Å². The van der Waals surface area contributed by atoms with Crippen molar-refractivity contribution in [3.8, 4) is 0 Å². The summed E-state index contributed by atoms with van der Waals surface area (Å²) < 4.78 is 5.21. The van der Waals surface area contributed by atoms with Crippen LogP contribution in [0.1, 0.15) is 51.9 Å². The van der Waals surface area contributed by atoms with E-state index in [1.807, 2.05) is 48.4 Å². The van der Waals surface area contributed by atoms with Gasteiger partial charge < -0.3 is 25.6 Å². The summed E-state index contributed by atoms with van der Waals surface area (Å²) in [5.74, 6) is 1.77. The standard InChI is InChI=1S/C33H42N6O4/c1-2-43-30(40)22-9-11-37(12-10-22)25-7-8-28(35-20-25)38-13-14-39(27-6-4-3-5-26(27)38)32(42)36-29-23-15-21-16-24(29)19-33(17-21,18-23)31(34)41/h3-8,20-24,29H,2,9-19H2,1H3,(H2,34,41)(H,36,42). The lowest BCUT2D eigenvalue weighted by atomic mass is 9.47. The minimum atomic E-state index is -0.364. The van der Waals surface area contributed by atoms with Gasteiger partial charge in [0.2, 0.25) is 5.91 Å². The Morgan fingerprint density at radius 1 is 0.977 bits per heavy atom. The Hall–Kier alpha value is -3.82. The first-order chi connectivity index (χ1) is 20.8. The zero-order chi connectivity index (χ0) is 29.7. The van der Waals surface area contributed by atoms with Gasteiger partial charge in [-0.05, 0) is 93.9 Å². The van der Waals surface area contributed by atoms with Crippen LogP contribution in [0.5, 0.6) is 0 Å². The van der Waals surface area contributed by atoms with Crippen LogP contribution in [0.2, 0.25) is 0 Å². The van der Waals surface area contributed by atoms with Crippen molar-refractivity contribution < 1.29 is 19.1 Å². The molecule has 1 aromatic carbocycles. The maximum atomic E-state index is 13.8. The summed E-state index contributed by atoms with van der Waals surface area (Å²) >= 11 is 0. The molecule has 3 N–H and O–H groups in total. The number of fused-ring (bicyclic) bond motifs is 1. The SMILES string of the molecule is CCOC(=O)C1CCN(c2ccc(N3CCN(C(=O)NC4C5CC6CC4CC(C(N)=O)(C6)C5)c4ccccc43)nc2)CC1. The van der Waals surface area contributed by atoms with E-state index >= 15 is 0 Å². The Morgan fingerprint density at radius 3 is 2.35 bits per heavy atom. The molecule has 6 aliphatic rings. The zero-order valence-corrected chi connectivity index (χ0v) is 24.9. The number of amides is 3. The van der Waals surface area contributed by atoms with Crippen molar-refractivity contribution in [2.24, 2.45) is 34.8 Å². The van der Waals surface area contributed by atoms with Crippen LogP contribution in [-0.4, -0.2) is 61.7 Å². The summed E-state index contributed by atoms with van der Waals surface area (Å²) in [6.07, 6.45) is 8.16. The van der Waals surface area contributed by atoms with Gasteiger partial charge in [-0.2, -0.15) is 0 Å². The van der Waals surface area contributed by atoms with Gasteiger partial charge in [0.15, 0.2) is 0 Å². The van der Waals surface area contributed by atoms with Crippen molar-refractivity contribution in [3.63, 3.8) is 0 Å². The van der Waals surface area contributed by atoms with Crippen molar-refractivity contribution in [1.29, 1.82) is 0 Å². The summed E-state index contributed by atoms with van der Waals surface area (Å²) in [4.78, 5) is 49.4. The number of para-hydroxylation sites is 2. The van der Waals surface area contributed by atoms with Crippen LogP contribution in [0.3, 0.4) is 0 Å². The second-order valence-electron chi connectivity index (χ2n) is 13.3. The second kappa shape index (κ2) is 11.0. The highest BCUT2D eigenvalue weighted by Gasteiger charge is 2.58. The van der Waals surface area contributed by atoms with E-state index in [-0.39, 0.29) is 35.3 Å². The van der Waals surface area contributed by atoms with Gasteiger partial charge in [0.25, 0.3) is 0 Å². The molecule has 10 nitrogen and oxygen atoms in total. The van der Waals surface area contributed by atoms with Crippen LogP contribution in [0.25, 0.3) is 0 Å². The Labute approximate surface area is 252 Å². The van der Waals surface area contributed by atoms with Gasteiger partial charge in [-0.25, -0.2) is 9.78 Å². The number of carbonyl (C=O) groups excluding carboxylic acids is 3. The largest absolute Gasteiger partial charge is 0.466 e. The molecule has 2 unspecified atom stereocenters. The van der Waals surface area contributed by atoms with E-state index in [1.165, 1.54) is 0 Å². The molecular formula is C33H42N6O4. The van der Waals surface area contributed by atoms with E-state index in [0.29, 0.717) is 37.5 Å². The molecular weight excluding hydrogens is 544 g/mol. The number of nitrogens with zero attached hydrogens (tertiary/aromatic N) is 4. The van der Waals surface area contributed by atoms with E-state index < -0.39 is 0 Å². The molecule has 10 heteroatoms. The van der Waals surface area contributed by atoms with Crippen LogP contribution < -0.4 is 25.8 Å². The number of urea groups is 1. The molecule has 4 bridgehead atoms. The minimum Gasteiger partial charge on any atom is -0.466 e. The topological polar surface area (TPSA) is 121 Å². The first-order valence-electron chi connectivity index (χ1n) is 16.0. The molecule has 8 rings (SSSR count). The van der Waals surface area contributed by atoms with E-state index in [4.69, 9.17) is 15.5 Å². The third kappa shape index (κ3) is 4.98. The molecule has 228 valence electrons. The fraction of sp³-hybridized carbons (Fsp3) is 0.576. The van der Waals surface area contributed by atoms with Gasteiger partial charge >= 0.3 is 12.0 Å².